The topological polar surface area (TPSA) is 32.7 Å². The smallest absolute Gasteiger partial charge is 0.280 e. The van der Waals surface area contributed by atoms with E-state index in [1.54, 1.807) is 24.3 Å². The van der Waals surface area contributed by atoms with Crippen LogP contribution in [-0.2, 0) is 0 Å². The zero-order chi connectivity index (χ0) is 15.7. The Kier molecular flexibility index (Phi) is 4.64. The fraction of sp³-hybridized carbons (Fsp3) is 0.0667. The number of thioether (sulfide) groups is 1. The second-order valence-electron chi connectivity index (χ2n) is 4.50. The average Bonchev–Trinajstić information content (AvgIpc) is 2.45. The molecule has 0 aliphatic carbocycles. The van der Waals surface area contributed by atoms with Gasteiger partial charge in [0.15, 0.2) is 5.17 Å². The van der Waals surface area contributed by atoms with Crippen molar-refractivity contribution in [3.8, 4) is 0 Å². The number of benzene rings is 2. The van der Waals surface area contributed by atoms with Crippen LogP contribution in [0.1, 0.15) is 10.4 Å². The van der Waals surface area contributed by atoms with Crippen molar-refractivity contribution < 1.29 is 4.79 Å². The van der Waals surface area contributed by atoms with Crippen LogP contribution in [0.3, 0.4) is 0 Å². The van der Waals surface area contributed by atoms with Gasteiger partial charge in [0.2, 0.25) is 0 Å². The van der Waals surface area contributed by atoms with Gasteiger partial charge >= 0.3 is 0 Å². The minimum absolute atomic E-state index is 0.296. The minimum Gasteiger partial charge on any atom is -0.311 e. The summed E-state index contributed by atoms with van der Waals surface area (Å²) in [5, 5.41) is 2.08. The molecule has 1 amide bonds. The molecule has 1 heterocycles. The van der Waals surface area contributed by atoms with Crippen LogP contribution in [0.5, 0.6) is 0 Å². The van der Waals surface area contributed by atoms with Gasteiger partial charge in [-0.2, -0.15) is 4.99 Å². The fourth-order valence-corrected chi connectivity index (χ4v) is 3.29. The van der Waals surface area contributed by atoms with Crippen molar-refractivity contribution in [1.82, 2.24) is 0 Å². The Morgan fingerprint density at radius 1 is 1.05 bits per heavy atom. The average molecular weight is 372 g/mol. The molecule has 0 N–H and O–H groups in total. The number of amides is 1. The number of amidine groups is 1. The first-order valence-corrected chi connectivity index (χ1v) is 8.40. The van der Waals surface area contributed by atoms with Crippen molar-refractivity contribution in [1.29, 1.82) is 0 Å². The highest BCUT2D eigenvalue weighted by atomic mass is 35.5. The Morgan fingerprint density at radius 2 is 1.73 bits per heavy atom. The molecule has 3 rings (SSSR count). The highest BCUT2D eigenvalue weighted by Gasteiger charge is 2.26. The van der Waals surface area contributed by atoms with E-state index in [2.05, 4.69) is 4.99 Å². The van der Waals surface area contributed by atoms with Gasteiger partial charge in [-0.05, 0) is 42.5 Å². The second-order valence-corrected chi connectivity index (χ2v) is 6.69. The predicted octanol–water partition coefficient (Wildman–Crippen LogP) is 5.35. The third-order valence-electron chi connectivity index (χ3n) is 3.05. The quantitative estimate of drug-likeness (QED) is 0.713. The largest absolute Gasteiger partial charge is 0.311 e. The monoisotopic (exact) mass is 370 g/mol. The Bertz CT molecular complexity index is 762. The number of hydrogen-bond donors (Lipinski definition) is 0. The highest BCUT2D eigenvalue weighted by molar-refractivity contribution is 8.16. The van der Waals surface area contributed by atoms with E-state index in [0.717, 1.165) is 11.6 Å². The van der Waals surface area contributed by atoms with Crippen LogP contribution < -0.4 is 4.90 Å². The van der Waals surface area contributed by atoms with Crippen molar-refractivity contribution in [2.75, 3.05) is 10.8 Å². The first-order chi connectivity index (χ1) is 10.5. The second kappa shape index (κ2) is 6.50. The molecule has 1 saturated heterocycles. The summed E-state index contributed by atoms with van der Waals surface area (Å²) in [5.74, 6) is 0.352. The zero-order valence-electron chi connectivity index (χ0n) is 11.1. The molecule has 0 saturated carbocycles. The fourth-order valence-electron chi connectivity index (χ4n) is 1.90. The summed E-state index contributed by atoms with van der Waals surface area (Å²) in [6.45, 7) is 0. The molecule has 7 heteroatoms. The number of halogens is 3. The van der Waals surface area contributed by atoms with Gasteiger partial charge in [-0.25, -0.2) is 0 Å². The summed E-state index contributed by atoms with van der Waals surface area (Å²) in [4.78, 5) is 18.3. The number of rotatable bonds is 2. The third-order valence-corrected chi connectivity index (χ3v) is 4.81. The highest BCUT2D eigenvalue weighted by Crippen LogP contribution is 2.31. The van der Waals surface area contributed by atoms with Gasteiger partial charge < -0.3 is 4.90 Å². The van der Waals surface area contributed by atoms with Crippen molar-refractivity contribution in [3.63, 3.8) is 0 Å². The van der Waals surface area contributed by atoms with Gasteiger partial charge in [-0.15, -0.1) is 0 Å². The molecule has 1 fully saturated rings. The summed E-state index contributed by atoms with van der Waals surface area (Å²) >= 11 is 19.2. The molecule has 112 valence electrons. The van der Waals surface area contributed by atoms with Gasteiger partial charge in [-0.1, -0.05) is 46.6 Å². The van der Waals surface area contributed by atoms with Gasteiger partial charge in [0, 0.05) is 15.7 Å². The molecular formula is C15H9Cl3N2OS. The maximum atomic E-state index is 12.2. The van der Waals surface area contributed by atoms with E-state index in [9.17, 15) is 4.79 Å². The van der Waals surface area contributed by atoms with Crippen LogP contribution in [0.2, 0.25) is 15.1 Å². The summed E-state index contributed by atoms with van der Waals surface area (Å²) < 4.78 is 0. The normalized spacial score (nSPS) is 15.8. The third kappa shape index (κ3) is 3.25. The molecule has 22 heavy (non-hydrogen) atoms. The van der Waals surface area contributed by atoms with E-state index in [1.807, 2.05) is 17.0 Å². The summed E-state index contributed by atoms with van der Waals surface area (Å²) in [6.07, 6.45) is 0. The summed E-state index contributed by atoms with van der Waals surface area (Å²) in [6, 6.07) is 12.1. The molecule has 0 spiro atoms. The molecule has 0 atom stereocenters. The molecule has 3 nitrogen and oxygen atoms in total. The lowest BCUT2D eigenvalue weighted by Crippen LogP contribution is -2.39. The van der Waals surface area contributed by atoms with E-state index < -0.39 is 0 Å². The first kappa shape index (κ1) is 15.7. The number of carbonyl (C=O) groups excluding carboxylic acids is 1. The summed E-state index contributed by atoms with van der Waals surface area (Å²) in [5.41, 5.74) is 1.28. The van der Waals surface area contributed by atoms with Crippen molar-refractivity contribution in [2.24, 2.45) is 4.99 Å². The molecule has 1 aliphatic heterocycles. The molecular weight excluding hydrogens is 363 g/mol. The zero-order valence-corrected chi connectivity index (χ0v) is 14.2. The maximum Gasteiger partial charge on any atom is 0.280 e. The van der Waals surface area contributed by atoms with Gasteiger partial charge in [0.1, 0.15) is 0 Å². The predicted molar refractivity (Wildman–Crippen MR) is 94.6 cm³/mol. The molecule has 0 unspecified atom stereocenters. The number of anilines is 1. The van der Waals surface area contributed by atoms with Crippen LogP contribution in [-0.4, -0.2) is 17.0 Å². The maximum absolute atomic E-state index is 12.2. The number of carbonyl (C=O) groups is 1. The van der Waals surface area contributed by atoms with Crippen LogP contribution in [0, 0.1) is 0 Å². The lowest BCUT2D eigenvalue weighted by molar-refractivity contribution is 0.100. The van der Waals surface area contributed by atoms with Crippen LogP contribution in [0.15, 0.2) is 47.5 Å². The number of aliphatic imine (C=N–C) groups is 1. The number of hydrogen-bond acceptors (Lipinski definition) is 2. The molecule has 2 aromatic carbocycles. The number of nitrogens with zero attached hydrogens (tertiary/aromatic N) is 2. The van der Waals surface area contributed by atoms with Gasteiger partial charge in [0.25, 0.3) is 5.91 Å². The molecule has 2 aromatic rings. The van der Waals surface area contributed by atoms with Crippen LogP contribution in [0.4, 0.5) is 5.69 Å². The minimum atomic E-state index is -0.386. The van der Waals surface area contributed by atoms with Gasteiger partial charge in [0.05, 0.1) is 16.5 Å². The Labute approximate surface area is 146 Å². The van der Waals surface area contributed by atoms with Crippen molar-refractivity contribution >= 4 is 63.3 Å². The lowest BCUT2D eigenvalue weighted by atomic mass is 10.2. The van der Waals surface area contributed by atoms with E-state index in [1.165, 1.54) is 17.8 Å². The van der Waals surface area contributed by atoms with Gasteiger partial charge in [-0.3, -0.25) is 4.79 Å². The standard InChI is InChI=1S/C15H9Cl3N2OS/c16-9-1-4-11(5-2-9)20-8-22-15(20)19-14(21)12-6-3-10(17)7-13(12)18/h1-7H,8H2. The SMILES string of the molecule is O=C(N=C1SCN1c1ccc(Cl)cc1)c1ccc(Cl)cc1Cl. The lowest BCUT2D eigenvalue weighted by Gasteiger charge is -2.33. The van der Waals surface area contributed by atoms with Crippen molar-refractivity contribution in [2.45, 2.75) is 0 Å². The molecule has 0 radical (unpaired) electrons. The molecule has 0 aromatic heterocycles. The molecule has 0 bridgehead atoms. The van der Waals surface area contributed by atoms with E-state index in [-0.39, 0.29) is 5.91 Å². The van der Waals surface area contributed by atoms with Crippen molar-refractivity contribution in [3.05, 3.63) is 63.1 Å². The first-order valence-electron chi connectivity index (χ1n) is 6.28. The van der Waals surface area contributed by atoms with E-state index >= 15 is 0 Å². The van der Waals surface area contributed by atoms with E-state index in [0.29, 0.717) is 25.8 Å². The van der Waals surface area contributed by atoms with Crippen LogP contribution >= 0.6 is 46.6 Å². The molecule has 1 aliphatic rings. The Hall–Kier alpha value is -1.20. The Morgan fingerprint density at radius 3 is 2.32 bits per heavy atom. The Balaban J connectivity index is 1.82. The van der Waals surface area contributed by atoms with Crippen LogP contribution in [0.25, 0.3) is 0 Å². The summed E-state index contributed by atoms with van der Waals surface area (Å²) in [7, 11) is 0. The van der Waals surface area contributed by atoms with E-state index in [4.69, 9.17) is 34.8 Å².